The molecule has 0 aromatic heterocycles. The Kier molecular flexibility index (Phi) is 1.71. The minimum Gasteiger partial charge on any atom is -0.0616 e. The van der Waals surface area contributed by atoms with Crippen LogP contribution in [0.1, 0.15) is 0 Å². The Morgan fingerprint density at radius 2 is 0.818 bits per heavy atom. The normalized spacial score (nSPS) is 12.5. The van der Waals surface area contributed by atoms with Gasteiger partial charge < -0.3 is 0 Å². The second kappa shape index (κ2) is 3.48. The molecule has 0 saturated carbocycles. The summed E-state index contributed by atoms with van der Waals surface area (Å²) in [6.45, 7) is 0. The first-order valence-corrected chi connectivity index (χ1v) is 7.73. The van der Waals surface area contributed by atoms with Gasteiger partial charge in [0.2, 0.25) is 0 Å². The van der Waals surface area contributed by atoms with Crippen molar-refractivity contribution in [1.82, 2.24) is 0 Å². The fourth-order valence-electron chi connectivity index (χ4n) is 4.17. The molecule has 6 aromatic rings. The molecule has 0 aliphatic rings. The summed E-state index contributed by atoms with van der Waals surface area (Å²) in [4.78, 5) is 0. The second-order valence-corrected chi connectivity index (χ2v) is 6.17. The first kappa shape index (κ1) is 10.8. The summed E-state index contributed by atoms with van der Waals surface area (Å²) in [7, 11) is 0. The highest BCUT2D eigenvalue weighted by molar-refractivity contribution is 6.45. The average molecular weight is 276 g/mol. The van der Waals surface area contributed by atoms with Crippen molar-refractivity contribution in [1.29, 1.82) is 0 Å². The minimum absolute atomic E-state index is 1.33. The highest BCUT2D eigenvalue weighted by atomic mass is 14.2. The van der Waals surface area contributed by atoms with Crippen LogP contribution in [0.25, 0.3) is 53.9 Å². The maximum Gasteiger partial charge on any atom is -0.000763 e. The molecule has 22 heavy (non-hydrogen) atoms. The van der Waals surface area contributed by atoms with E-state index in [1.165, 1.54) is 53.9 Å². The summed E-state index contributed by atoms with van der Waals surface area (Å²) in [5, 5.41) is 14.1. The lowest BCUT2D eigenvalue weighted by atomic mass is 9.82. The van der Waals surface area contributed by atoms with Gasteiger partial charge in [0.1, 0.15) is 0 Å². The number of benzene rings is 4. The van der Waals surface area contributed by atoms with Crippen LogP contribution >= 0.6 is 0 Å². The lowest BCUT2D eigenvalue weighted by Crippen LogP contribution is -1.92. The van der Waals surface area contributed by atoms with Gasteiger partial charge in [-0.3, -0.25) is 0 Å². The van der Waals surface area contributed by atoms with E-state index in [1.807, 2.05) is 0 Å². The van der Waals surface area contributed by atoms with Gasteiger partial charge in [0.05, 0.1) is 0 Å². The Labute approximate surface area is 127 Å². The molecule has 100 valence electrons. The zero-order valence-electron chi connectivity index (χ0n) is 11.9. The predicted molar refractivity (Wildman–Crippen MR) is 96.3 cm³/mol. The molecule has 0 N–H and O–H groups in total. The summed E-state index contributed by atoms with van der Waals surface area (Å²) >= 11 is 0. The fraction of sp³-hybridized carbons (Fsp3) is 0. The van der Waals surface area contributed by atoms with E-state index in [-0.39, 0.29) is 0 Å². The summed E-state index contributed by atoms with van der Waals surface area (Å²) < 4.78 is 0. The topological polar surface area (TPSA) is 0 Å². The van der Waals surface area contributed by atoms with Crippen molar-refractivity contribution in [3.8, 4) is 0 Å². The molecule has 0 fully saturated rings. The number of hydrogen-bond acceptors (Lipinski definition) is 0. The minimum atomic E-state index is 1.33. The molecule has 0 spiro atoms. The van der Waals surface area contributed by atoms with Gasteiger partial charge in [-0.1, -0.05) is 72.8 Å². The van der Waals surface area contributed by atoms with Crippen LogP contribution in [0.3, 0.4) is 0 Å². The standard InChI is InChI=1S/C22H12/c1-2-6-14-13(5-1)9-10-18-19-12-11-17-15-7-3-4-8-16(15)21(17)22(19)20(14)18/h1-12H. The van der Waals surface area contributed by atoms with Gasteiger partial charge in [-0.05, 0) is 53.9 Å². The van der Waals surface area contributed by atoms with Crippen LogP contribution in [0.4, 0.5) is 0 Å². The SMILES string of the molecule is c1ccc2c(c1)ccc1c3ccc4c5ccccc5c4c3c21. The molecule has 0 aliphatic carbocycles. The van der Waals surface area contributed by atoms with E-state index in [9.17, 15) is 0 Å². The van der Waals surface area contributed by atoms with Crippen molar-refractivity contribution in [2.45, 2.75) is 0 Å². The third-order valence-corrected chi connectivity index (χ3v) is 5.16. The molecule has 0 aliphatic heterocycles. The van der Waals surface area contributed by atoms with E-state index in [2.05, 4.69) is 72.8 Å². The zero-order valence-corrected chi connectivity index (χ0v) is 11.9. The summed E-state index contributed by atoms with van der Waals surface area (Å²) in [6, 6.07) is 26.6. The van der Waals surface area contributed by atoms with Crippen molar-refractivity contribution in [3.05, 3.63) is 72.8 Å². The van der Waals surface area contributed by atoms with Gasteiger partial charge in [-0.2, -0.15) is 0 Å². The van der Waals surface area contributed by atoms with Crippen LogP contribution in [-0.4, -0.2) is 0 Å². The predicted octanol–water partition coefficient (Wildman–Crippen LogP) is 6.33. The molecule has 0 bridgehead atoms. The molecular formula is C22H12. The Balaban J connectivity index is 1.94. The lowest BCUT2D eigenvalue weighted by Gasteiger charge is -2.21. The van der Waals surface area contributed by atoms with Crippen LogP contribution in [0.2, 0.25) is 0 Å². The molecule has 0 unspecified atom stereocenters. The van der Waals surface area contributed by atoms with Gasteiger partial charge in [-0.15, -0.1) is 0 Å². The van der Waals surface area contributed by atoms with Crippen molar-refractivity contribution >= 4 is 53.9 Å². The third-order valence-electron chi connectivity index (χ3n) is 5.16. The molecule has 0 atom stereocenters. The zero-order chi connectivity index (χ0) is 14.3. The molecule has 0 nitrogen and oxygen atoms in total. The van der Waals surface area contributed by atoms with Crippen molar-refractivity contribution in [2.75, 3.05) is 0 Å². The van der Waals surface area contributed by atoms with E-state index in [0.29, 0.717) is 0 Å². The molecule has 6 aromatic carbocycles. The summed E-state index contributed by atoms with van der Waals surface area (Å²) in [5.74, 6) is 0. The van der Waals surface area contributed by atoms with Gasteiger partial charge in [0, 0.05) is 0 Å². The van der Waals surface area contributed by atoms with Crippen LogP contribution in [0.15, 0.2) is 72.8 Å². The molecule has 0 saturated heterocycles. The van der Waals surface area contributed by atoms with Crippen molar-refractivity contribution < 1.29 is 0 Å². The van der Waals surface area contributed by atoms with E-state index < -0.39 is 0 Å². The average Bonchev–Trinajstić information content (AvgIpc) is 2.56. The molecule has 0 radical (unpaired) electrons. The third kappa shape index (κ3) is 1.05. The van der Waals surface area contributed by atoms with Gasteiger partial charge in [0.25, 0.3) is 0 Å². The van der Waals surface area contributed by atoms with E-state index in [1.54, 1.807) is 0 Å². The lowest BCUT2D eigenvalue weighted by molar-refractivity contribution is 1.79. The number of fused-ring (bicyclic) bond motifs is 11. The summed E-state index contributed by atoms with van der Waals surface area (Å²) in [5.41, 5.74) is 0. The monoisotopic (exact) mass is 276 g/mol. The quantitative estimate of drug-likeness (QED) is 0.304. The van der Waals surface area contributed by atoms with E-state index >= 15 is 0 Å². The maximum atomic E-state index is 2.29. The smallest absolute Gasteiger partial charge is 0.000763 e. The molecular weight excluding hydrogens is 264 g/mol. The van der Waals surface area contributed by atoms with Gasteiger partial charge >= 0.3 is 0 Å². The molecule has 0 heteroatoms. The van der Waals surface area contributed by atoms with Gasteiger partial charge in [-0.25, -0.2) is 0 Å². The van der Waals surface area contributed by atoms with Crippen LogP contribution in [0.5, 0.6) is 0 Å². The first-order valence-electron chi connectivity index (χ1n) is 7.73. The van der Waals surface area contributed by atoms with E-state index in [0.717, 1.165) is 0 Å². The Morgan fingerprint density at radius 1 is 0.318 bits per heavy atom. The van der Waals surface area contributed by atoms with Crippen LogP contribution in [-0.2, 0) is 0 Å². The first-order chi connectivity index (χ1) is 10.9. The molecule has 0 heterocycles. The summed E-state index contributed by atoms with van der Waals surface area (Å²) in [6.07, 6.45) is 0. The highest BCUT2D eigenvalue weighted by Gasteiger charge is 2.19. The largest absolute Gasteiger partial charge is 0.0616 e. The second-order valence-electron chi connectivity index (χ2n) is 6.17. The fourth-order valence-corrected chi connectivity index (χ4v) is 4.17. The Hall–Kier alpha value is -2.86. The van der Waals surface area contributed by atoms with Crippen LogP contribution < -0.4 is 0 Å². The molecule has 6 rings (SSSR count). The van der Waals surface area contributed by atoms with E-state index in [4.69, 9.17) is 0 Å². The van der Waals surface area contributed by atoms with Gasteiger partial charge in [0.15, 0.2) is 0 Å². The van der Waals surface area contributed by atoms with Crippen molar-refractivity contribution in [2.24, 2.45) is 0 Å². The highest BCUT2D eigenvalue weighted by Crippen LogP contribution is 2.48. The maximum absolute atomic E-state index is 2.29. The number of rotatable bonds is 0. The number of hydrogen-bond donors (Lipinski definition) is 0. The molecule has 0 amide bonds. The van der Waals surface area contributed by atoms with Crippen LogP contribution in [0, 0.1) is 0 Å². The Bertz CT molecular complexity index is 1290. The Morgan fingerprint density at radius 3 is 1.68 bits per heavy atom. The van der Waals surface area contributed by atoms with Crippen molar-refractivity contribution in [3.63, 3.8) is 0 Å².